The number of benzene rings is 1. The summed E-state index contributed by atoms with van der Waals surface area (Å²) in [5, 5.41) is 3.03. The van der Waals surface area contributed by atoms with Gasteiger partial charge in [-0.2, -0.15) is 0 Å². The molecule has 19 heavy (non-hydrogen) atoms. The highest BCUT2D eigenvalue weighted by molar-refractivity contribution is 5.94. The van der Waals surface area contributed by atoms with Crippen molar-refractivity contribution in [2.45, 2.75) is 27.7 Å². The van der Waals surface area contributed by atoms with Gasteiger partial charge in [0.25, 0.3) is 5.91 Å². The highest BCUT2D eigenvalue weighted by Crippen LogP contribution is 2.15. The summed E-state index contributed by atoms with van der Waals surface area (Å²) in [7, 11) is 4.10. The summed E-state index contributed by atoms with van der Waals surface area (Å²) in [5.74, 6) is 0.00920. The Morgan fingerprint density at radius 1 is 1.21 bits per heavy atom. The molecule has 0 radical (unpaired) electrons. The molecule has 0 saturated heterocycles. The van der Waals surface area contributed by atoms with Crippen molar-refractivity contribution in [3.05, 3.63) is 34.9 Å². The van der Waals surface area contributed by atoms with Gasteiger partial charge in [0, 0.05) is 18.7 Å². The van der Waals surface area contributed by atoms with Crippen LogP contribution in [0.2, 0.25) is 0 Å². The Kier molecular flexibility index (Phi) is 5.12. The third-order valence-corrected chi connectivity index (χ3v) is 3.24. The molecule has 0 atom stereocenters. The summed E-state index contributed by atoms with van der Waals surface area (Å²) >= 11 is 0. The topological polar surface area (TPSA) is 32.3 Å². The average Bonchev–Trinajstić information content (AvgIpc) is 2.28. The van der Waals surface area contributed by atoms with Crippen LogP contribution in [-0.2, 0) is 0 Å². The van der Waals surface area contributed by atoms with Crippen molar-refractivity contribution < 1.29 is 4.79 Å². The van der Waals surface area contributed by atoms with Crippen LogP contribution in [0.3, 0.4) is 0 Å². The summed E-state index contributed by atoms with van der Waals surface area (Å²) in [6.45, 7) is 10.0. The molecule has 0 aliphatic carbocycles. The van der Waals surface area contributed by atoms with Gasteiger partial charge in [0.2, 0.25) is 0 Å². The molecular formula is C16H26N2O. The largest absolute Gasteiger partial charge is 0.351 e. The first-order chi connectivity index (χ1) is 8.71. The molecule has 0 aromatic heterocycles. The van der Waals surface area contributed by atoms with E-state index in [-0.39, 0.29) is 11.3 Å². The molecule has 0 spiro atoms. The molecule has 0 saturated carbocycles. The van der Waals surface area contributed by atoms with E-state index in [2.05, 4.69) is 31.0 Å². The number of hydrogen-bond acceptors (Lipinski definition) is 2. The maximum absolute atomic E-state index is 12.1. The van der Waals surface area contributed by atoms with Crippen LogP contribution in [-0.4, -0.2) is 38.0 Å². The van der Waals surface area contributed by atoms with Crippen molar-refractivity contribution >= 4 is 5.91 Å². The zero-order chi connectivity index (χ0) is 14.6. The minimum atomic E-state index is 0.00920. The molecule has 0 heterocycles. The smallest absolute Gasteiger partial charge is 0.251 e. The van der Waals surface area contributed by atoms with Crippen LogP contribution < -0.4 is 5.32 Å². The van der Waals surface area contributed by atoms with Crippen LogP contribution in [0.15, 0.2) is 18.2 Å². The van der Waals surface area contributed by atoms with Crippen molar-refractivity contribution in [2.24, 2.45) is 5.41 Å². The van der Waals surface area contributed by atoms with Gasteiger partial charge >= 0.3 is 0 Å². The predicted octanol–water partition coefficient (Wildman–Crippen LogP) is 2.62. The Morgan fingerprint density at radius 2 is 1.84 bits per heavy atom. The lowest BCUT2D eigenvalue weighted by Gasteiger charge is -2.28. The number of carbonyl (C=O) groups excluding carboxylic acids is 1. The van der Waals surface area contributed by atoms with Gasteiger partial charge < -0.3 is 10.2 Å². The Labute approximate surface area is 117 Å². The highest BCUT2D eigenvalue weighted by Gasteiger charge is 2.20. The van der Waals surface area contributed by atoms with Gasteiger partial charge in [0.15, 0.2) is 0 Å². The molecular weight excluding hydrogens is 236 g/mol. The molecule has 0 fully saturated rings. The summed E-state index contributed by atoms with van der Waals surface area (Å²) in [6, 6.07) is 5.83. The molecule has 1 amide bonds. The fraction of sp³-hybridized carbons (Fsp3) is 0.562. The number of carbonyl (C=O) groups is 1. The van der Waals surface area contributed by atoms with Crippen molar-refractivity contribution in [1.29, 1.82) is 0 Å². The number of aryl methyl sites for hydroxylation is 2. The zero-order valence-electron chi connectivity index (χ0n) is 13.0. The van der Waals surface area contributed by atoms with E-state index in [0.717, 1.165) is 17.7 Å². The van der Waals surface area contributed by atoms with E-state index in [9.17, 15) is 4.79 Å². The fourth-order valence-electron chi connectivity index (χ4n) is 2.22. The lowest BCUT2D eigenvalue weighted by Crippen LogP contribution is -2.40. The standard InChI is InChI=1S/C16H26N2O/c1-12-7-8-14(9-13(12)2)15(19)17-10-16(3,4)11-18(5)6/h7-9H,10-11H2,1-6H3,(H,17,19). The second kappa shape index (κ2) is 6.20. The second-order valence-corrected chi connectivity index (χ2v) is 6.38. The lowest BCUT2D eigenvalue weighted by atomic mass is 9.93. The van der Waals surface area contributed by atoms with E-state index in [1.54, 1.807) is 0 Å². The van der Waals surface area contributed by atoms with Gasteiger partial charge in [0.1, 0.15) is 0 Å². The summed E-state index contributed by atoms with van der Waals surface area (Å²) in [5.41, 5.74) is 3.17. The highest BCUT2D eigenvalue weighted by atomic mass is 16.1. The summed E-state index contributed by atoms with van der Waals surface area (Å²) < 4.78 is 0. The Balaban J connectivity index is 2.62. The van der Waals surface area contributed by atoms with Gasteiger partial charge in [-0.3, -0.25) is 4.79 Å². The van der Waals surface area contributed by atoms with Crippen LogP contribution in [0.25, 0.3) is 0 Å². The molecule has 1 N–H and O–H groups in total. The van der Waals surface area contributed by atoms with Crippen molar-refractivity contribution in [3.8, 4) is 0 Å². The molecule has 0 unspecified atom stereocenters. The third kappa shape index (κ3) is 5.03. The monoisotopic (exact) mass is 262 g/mol. The molecule has 0 bridgehead atoms. The number of nitrogens with one attached hydrogen (secondary N) is 1. The molecule has 1 aromatic carbocycles. The maximum Gasteiger partial charge on any atom is 0.251 e. The summed E-state index contributed by atoms with van der Waals surface area (Å²) in [6.07, 6.45) is 0. The van der Waals surface area contributed by atoms with E-state index < -0.39 is 0 Å². The summed E-state index contributed by atoms with van der Waals surface area (Å²) in [4.78, 5) is 14.3. The van der Waals surface area contributed by atoms with Gasteiger partial charge in [-0.1, -0.05) is 19.9 Å². The fourth-order valence-corrected chi connectivity index (χ4v) is 2.22. The zero-order valence-corrected chi connectivity index (χ0v) is 13.0. The number of nitrogens with zero attached hydrogens (tertiary/aromatic N) is 1. The molecule has 3 heteroatoms. The Morgan fingerprint density at radius 3 is 2.37 bits per heavy atom. The van der Waals surface area contributed by atoms with E-state index >= 15 is 0 Å². The Bertz CT molecular complexity index is 450. The van der Waals surface area contributed by atoms with Crippen molar-refractivity contribution in [3.63, 3.8) is 0 Å². The van der Waals surface area contributed by atoms with Crippen molar-refractivity contribution in [1.82, 2.24) is 10.2 Å². The van der Waals surface area contributed by atoms with E-state index in [1.165, 1.54) is 5.56 Å². The number of hydrogen-bond donors (Lipinski definition) is 1. The first kappa shape index (κ1) is 15.7. The normalized spacial score (nSPS) is 11.7. The van der Waals surface area contributed by atoms with Crippen molar-refractivity contribution in [2.75, 3.05) is 27.2 Å². The first-order valence-electron chi connectivity index (χ1n) is 6.71. The van der Waals surface area contributed by atoms with Gasteiger partial charge in [-0.15, -0.1) is 0 Å². The van der Waals surface area contributed by atoms with Crippen LogP contribution in [0.1, 0.15) is 35.3 Å². The lowest BCUT2D eigenvalue weighted by molar-refractivity contribution is 0.0929. The van der Waals surface area contributed by atoms with E-state index in [1.807, 2.05) is 39.2 Å². The maximum atomic E-state index is 12.1. The molecule has 0 aliphatic rings. The third-order valence-electron chi connectivity index (χ3n) is 3.24. The first-order valence-corrected chi connectivity index (χ1v) is 6.71. The number of amides is 1. The van der Waals surface area contributed by atoms with Gasteiger partial charge in [-0.05, 0) is 56.6 Å². The van der Waals surface area contributed by atoms with Gasteiger partial charge in [0.05, 0.1) is 0 Å². The minimum Gasteiger partial charge on any atom is -0.351 e. The quantitative estimate of drug-likeness (QED) is 0.884. The van der Waals surface area contributed by atoms with Crippen LogP contribution in [0.5, 0.6) is 0 Å². The van der Waals surface area contributed by atoms with Crippen LogP contribution in [0.4, 0.5) is 0 Å². The van der Waals surface area contributed by atoms with E-state index in [4.69, 9.17) is 0 Å². The SMILES string of the molecule is Cc1ccc(C(=O)NCC(C)(C)CN(C)C)cc1C. The van der Waals surface area contributed by atoms with Crippen LogP contribution >= 0.6 is 0 Å². The molecule has 3 nitrogen and oxygen atoms in total. The molecule has 1 aromatic rings. The minimum absolute atomic E-state index is 0.00920. The molecule has 106 valence electrons. The average molecular weight is 262 g/mol. The number of rotatable bonds is 5. The van der Waals surface area contributed by atoms with Crippen LogP contribution in [0, 0.1) is 19.3 Å². The van der Waals surface area contributed by atoms with Gasteiger partial charge in [-0.25, -0.2) is 0 Å². The molecule has 1 rings (SSSR count). The predicted molar refractivity (Wildman–Crippen MR) is 80.6 cm³/mol. The van der Waals surface area contributed by atoms with E-state index in [0.29, 0.717) is 6.54 Å². The second-order valence-electron chi connectivity index (χ2n) is 6.38. The Hall–Kier alpha value is -1.35. The molecule has 0 aliphatic heterocycles.